The molecule has 0 saturated carbocycles. The van der Waals surface area contributed by atoms with E-state index < -0.39 is 5.72 Å². The maximum atomic E-state index is 12.9. The third-order valence-corrected chi connectivity index (χ3v) is 5.59. The number of thioether (sulfide) groups is 1. The van der Waals surface area contributed by atoms with Gasteiger partial charge in [-0.25, -0.2) is 0 Å². The van der Waals surface area contributed by atoms with Crippen LogP contribution in [0.5, 0.6) is 11.5 Å². The molecule has 0 unspecified atom stereocenters. The van der Waals surface area contributed by atoms with E-state index in [0.717, 1.165) is 17.3 Å². The summed E-state index contributed by atoms with van der Waals surface area (Å²) in [5.41, 5.74) is 0.551. The summed E-state index contributed by atoms with van der Waals surface area (Å²) in [4.78, 5) is 37.7. The smallest absolute Gasteiger partial charge is 0.290 e. The second kappa shape index (κ2) is 7.87. The van der Waals surface area contributed by atoms with Crippen molar-refractivity contribution in [3.63, 3.8) is 0 Å². The van der Waals surface area contributed by atoms with Gasteiger partial charge in [0.25, 0.3) is 17.1 Å². The zero-order valence-electron chi connectivity index (χ0n) is 16.5. The Morgan fingerprint density at radius 3 is 2.53 bits per heavy atom. The number of rotatable bonds is 5. The number of imide groups is 1. The van der Waals surface area contributed by atoms with Gasteiger partial charge in [-0.05, 0) is 61.5 Å². The highest BCUT2D eigenvalue weighted by atomic mass is 32.2. The van der Waals surface area contributed by atoms with Gasteiger partial charge in [0.2, 0.25) is 0 Å². The van der Waals surface area contributed by atoms with E-state index in [9.17, 15) is 14.4 Å². The second-order valence-corrected chi connectivity index (χ2v) is 8.29. The van der Waals surface area contributed by atoms with Gasteiger partial charge in [0.1, 0.15) is 18.1 Å². The van der Waals surface area contributed by atoms with E-state index in [1.54, 1.807) is 47.4 Å². The molecule has 30 heavy (non-hydrogen) atoms. The van der Waals surface area contributed by atoms with Crippen LogP contribution in [0, 0.1) is 0 Å². The van der Waals surface area contributed by atoms with Crippen LogP contribution in [0.15, 0.2) is 53.4 Å². The number of carbonyl (C=O) groups is 3. The first-order valence-electron chi connectivity index (χ1n) is 9.41. The fourth-order valence-corrected chi connectivity index (χ4v) is 3.99. The van der Waals surface area contributed by atoms with Gasteiger partial charge in [-0.1, -0.05) is 24.3 Å². The quantitative estimate of drug-likeness (QED) is 0.738. The highest BCUT2D eigenvalue weighted by Crippen LogP contribution is 2.33. The SMILES string of the molecule is CC1(C)Oc2ccccc2C(=O)N1CCOc1ccc(C=C2SC(=O)NC2=O)cc1. The van der Waals surface area contributed by atoms with E-state index in [4.69, 9.17) is 9.47 Å². The molecule has 1 N–H and O–H groups in total. The Bertz CT molecular complexity index is 1050. The van der Waals surface area contributed by atoms with Crippen LogP contribution in [0.2, 0.25) is 0 Å². The summed E-state index contributed by atoms with van der Waals surface area (Å²) in [5.74, 6) is 0.753. The third kappa shape index (κ3) is 4.04. The summed E-state index contributed by atoms with van der Waals surface area (Å²) >= 11 is 0.879. The number of ether oxygens (including phenoxy) is 2. The number of hydrogen-bond acceptors (Lipinski definition) is 6. The number of hydrogen-bond donors (Lipinski definition) is 1. The molecule has 0 atom stereocenters. The van der Waals surface area contributed by atoms with E-state index >= 15 is 0 Å². The van der Waals surface area contributed by atoms with Gasteiger partial charge in [-0.3, -0.25) is 24.6 Å². The highest BCUT2D eigenvalue weighted by Gasteiger charge is 2.39. The average molecular weight is 424 g/mol. The maximum Gasteiger partial charge on any atom is 0.290 e. The highest BCUT2D eigenvalue weighted by molar-refractivity contribution is 8.18. The third-order valence-electron chi connectivity index (χ3n) is 4.78. The largest absolute Gasteiger partial charge is 0.492 e. The Morgan fingerprint density at radius 2 is 1.83 bits per heavy atom. The summed E-state index contributed by atoms with van der Waals surface area (Å²) < 4.78 is 11.8. The minimum Gasteiger partial charge on any atom is -0.492 e. The molecule has 0 radical (unpaired) electrons. The lowest BCUT2D eigenvalue weighted by Gasteiger charge is -2.42. The van der Waals surface area contributed by atoms with Gasteiger partial charge in [0.15, 0.2) is 5.72 Å². The molecule has 1 fully saturated rings. The van der Waals surface area contributed by atoms with Crippen molar-refractivity contribution >= 4 is 34.9 Å². The van der Waals surface area contributed by atoms with Gasteiger partial charge < -0.3 is 9.47 Å². The van der Waals surface area contributed by atoms with E-state index in [1.165, 1.54) is 0 Å². The molecule has 8 heteroatoms. The van der Waals surface area contributed by atoms with Crippen LogP contribution in [-0.2, 0) is 4.79 Å². The summed E-state index contributed by atoms with van der Waals surface area (Å²) in [6.45, 7) is 4.37. The fraction of sp³-hybridized carbons (Fsp3) is 0.227. The molecule has 4 rings (SSSR count). The Balaban J connectivity index is 1.37. The first-order chi connectivity index (χ1) is 14.3. The molecule has 2 aromatic carbocycles. The van der Waals surface area contributed by atoms with E-state index in [1.807, 2.05) is 26.0 Å². The first kappa shape index (κ1) is 20.0. The Kier molecular flexibility index (Phi) is 5.26. The van der Waals surface area contributed by atoms with Crippen molar-refractivity contribution in [3.8, 4) is 11.5 Å². The molecular weight excluding hydrogens is 404 g/mol. The molecule has 0 spiro atoms. The van der Waals surface area contributed by atoms with Crippen molar-refractivity contribution in [2.75, 3.05) is 13.2 Å². The molecule has 154 valence electrons. The molecule has 2 aliphatic heterocycles. The molecule has 0 aromatic heterocycles. The molecule has 3 amide bonds. The Hall–Kier alpha value is -3.26. The number of para-hydroxylation sites is 1. The lowest BCUT2D eigenvalue weighted by molar-refractivity contribution is -0.115. The molecule has 2 aliphatic rings. The van der Waals surface area contributed by atoms with Gasteiger partial charge in [0, 0.05) is 0 Å². The maximum absolute atomic E-state index is 12.9. The van der Waals surface area contributed by atoms with E-state index in [0.29, 0.717) is 35.1 Å². The van der Waals surface area contributed by atoms with Crippen molar-refractivity contribution in [1.29, 1.82) is 0 Å². The van der Waals surface area contributed by atoms with Crippen LogP contribution < -0.4 is 14.8 Å². The summed E-state index contributed by atoms with van der Waals surface area (Å²) in [7, 11) is 0. The number of nitrogens with zero attached hydrogens (tertiary/aromatic N) is 1. The summed E-state index contributed by atoms with van der Waals surface area (Å²) in [6, 6.07) is 14.4. The average Bonchev–Trinajstić information content (AvgIpc) is 3.02. The number of carbonyl (C=O) groups excluding carboxylic acids is 3. The van der Waals surface area contributed by atoms with Crippen molar-refractivity contribution in [2.24, 2.45) is 0 Å². The topological polar surface area (TPSA) is 84.9 Å². The predicted molar refractivity (Wildman–Crippen MR) is 113 cm³/mol. The zero-order chi connectivity index (χ0) is 21.3. The van der Waals surface area contributed by atoms with Crippen LogP contribution in [0.4, 0.5) is 4.79 Å². The lowest BCUT2D eigenvalue weighted by atomic mass is 10.1. The van der Waals surface area contributed by atoms with Crippen LogP contribution in [0.1, 0.15) is 29.8 Å². The molecule has 0 aliphatic carbocycles. The standard InChI is InChI=1S/C22H20N2O5S/c1-22(2)24(20(26)16-5-3-4-6-17(16)29-22)11-12-28-15-9-7-14(8-10-15)13-18-19(25)23-21(27)30-18/h3-10,13H,11-12H2,1-2H3,(H,23,25,27). The molecule has 1 saturated heterocycles. The predicted octanol–water partition coefficient (Wildman–Crippen LogP) is 3.66. The van der Waals surface area contributed by atoms with Crippen molar-refractivity contribution in [1.82, 2.24) is 10.2 Å². The minimum atomic E-state index is -0.776. The molecular formula is C22H20N2O5S. The van der Waals surface area contributed by atoms with Crippen LogP contribution in [0.3, 0.4) is 0 Å². The van der Waals surface area contributed by atoms with Crippen molar-refractivity contribution in [2.45, 2.75) is 19.6 Å². The van der Waals surface area contributed by atoms with E-state index in [-0.39, 0.29) is 17.1 Å². The number of fused-ring (bicyclic) bond motifs is 1. The van der Waals surface area contributed by atoms with Gasteiger partial charge in [-0.15, -0.1) is 0 Å². The summed E-state index contributed by atoms with van der Waals surface area (Å²) in [6.07, 6.45) is 1.65. The van der Waals surface area contributed by atoms with Gasteiger partial charge >= 0.3 is 0 Å². The van der Waals surface area contributed by atoms with E-state index in [2.05, 4.69) is 5.32 Å². The second-order valence-electron chi connectivity index (χ2n) is 7.27. The van der Waals surface area contributed by atoms with Crippen LogP contribution >= 0.6 is 11.8 Å². The lowest BCUT2D eigenvalue weighted by Crippen LogP contribution is -2.55. The Morgan fingerprint density at radius 1 is 1.10 bits per heavy atom. The number of nitrogens with one attached hydrogen (secondary N) is 1. The van der Waals surface area contributed by atoms with Crippen LogP contribution in [-0.4, -0.2) is 40.8 Å². The fourth-order valence-electron chi connectivity index (χ4n) is 3.30. The molecule has 2 aromatic rings. The zero-order valence-corrected chi connectivity index (χ0v) is 17.3. The molecule has 0 bridgehead atoms. The van der Waals surface area contributed by atoms with Crippen molar-refractivity contribution in [3.05, 3.63) is 64.6 Å². The number of benzene rings is 2. The summed E-state index contributed by atoms with van der Waals surface area (Å²) in [5, 5.41) is 1.86. The first-order valence-corrected chi connectivity index (χ1v) is 10.2. The number of amides is 3. The molecule has 2 heterocycles. The Labute approximate surface area is 178 Å². The monoisotopic (exact) mass is 424 g/mol. The van der Waals surface area contributed by atoms with Gasteiger partial charge in [0.05, 0.1) is 17.0 Å². The van der Waals surface area contributed by atoms with Crippen molar-refractivity contribution < 1.29 is 23.9 Å². The van der Waals surface area contributed by atoms with Gasteiger partial charge in [-0.2, -0.15) is 0 Å². The molecule has 7 nitrogen and oxygen atoms in total. The normalized spacial score (nSPS) is 18.8. The minimum absolute atomic E-state index is 0.0886. The van der Waals surface area contributed by atoms with Crippen LogP contribution in [0.25, 0.3) is 6.08 Å².